The molecule has 102 valence electrons. The van der Waals surface area contributed by atoms with Gasteiger partial charge < -0.3 is 11.1 Å². The highest BCUT2D eigenvalue weighted by Crippen LogP contribution is 2.30. The van der Waals surface area contributed by atoms with E-state index in [1.54, 1.807) is 4.68 Å². The molecular weight excluding hydrogens is 236 g/mol. The third kappa shape index (κ3) is 2.72. The zero-order chi connectivity index (χ0) is 14.0. The number of nitrogens with zero attached hydrogens (tertiary/aromatic N) is 2. The van der Waals surface area contributed by atoms with E-state index in [2.05, 4.69) is 55.5 Å². The van der Waals surface area contributed by atoms with E-state index in [1.807, 2.05) is 7.05 Å². The Balaban J connectivity index is 2.27. The lowest BCUT2D eigenvalue weighted by molar-refractivity contribution is 0.718. The van der Waals surface area contributed by atoms with Crippen molar-refractivity contribution in [1.82, 2.24) is 9.78 Å². The van der Waals surface area contributed by atoms with Crippen molar-refractivity contribution in [3.63, 3.8) is 0 Å². The summed E-state index contributed by atoms with van der Waals surface area (Å²) in [5, 5.41) is 7.81. The van der Waals surface area contributed by atoms with Crippen molar-refractivity contribution in [1.29, 1.82) is 0 Å². The minimum absolute atomic E-state index is 0.323. The summed E-state index contributed by atoms with van der Waals surface area (Å²) >= 11 is 0. The predicted molar refractivity (Wildman–Crippen MR) is 80.8 cm³/mol. The minimum atomic E-state index is 0.323. The monoisotopic (exact) mass is 258 g/mol. The average Bonchev–Trinajstić information content (AvgIpc) is 2.68. The molecular formula is C15H22N4. The molecule has 2 aromatic rings. The van der Waals surface area contributed by atoms with Gasteiger partial charge in [0.2, 0.25) is 0 Å². The first-order valence-corrected chi connectivity index (χ1v) is 6.71. The number of aryl methyl sites for hydroxylation is 2. The number of nitrogens with one attached hydrogen (secondary N) is 1. The topological polar surface area (TPSA) is 55.9 Å². The van der Waals surface area contributed by atoms with Crippen LogP contribution in [-0.2, 0) is 13.5 Å². The van der Waals surface area contributed by atoms with Gasteiger partial charge in [-0.25, -0.2) is 0 Å². The highest BCUT2D eigenvalue weighted by molar-refractivity contribution is 5.71. The maximum Gasteiger partial charge on any atom is 0.152 e. The Morgan fingerprint density at radius 1 is 1.26 bits per heavy atom. The van der Waals surface area contributed by atoms with Crippen molar-refractivity contribution in [2.45, 2.75) is 33.1 Å². The van der Waals surface area contributed by atoms with Gasteiger partial charge in [-0.15, -0.1) is 0 Å². The zero-order valence-electron chi connectivity index (χ0n) is 12.1. The van der Waals surface area contributed by atoms with Crippen LogP contribution in [0, 0.1) is 0 Å². The standard InChI is InChI=1S/C15H22N4/c1-5-11-6-8-12(9-7-11)17-15-13(16)14(10(2)3)18-19(15)4/h6-10,17H,5,16H2,1-4H3. The number of anilines is 3. The van der Waals surface area contributed by atoms with Gasteiger partial charge in [0.25, 0.3) is 0 Å². The van der Waals surface area contributed by atoms with Gasteiger partial charge in [-0.05, 0) is 30.0 Å². The van der Waals surface area contributed by atoms with Crippen molar-refractivity contribution >= 4 is 17.2 Å². The first kappa shape index (κ1) is 13.5. The summed E-state index contributed by atoms with van der Waals surface area (Å²) in [6.45, 7) is 6.34. The lowest BCUT2D eigenvalue weighted by Gasteiger charge is -2.08. The largest absolute Gasteiger partial charge is 0.394 e. The molecule has 3 N–H and O–H groups in total. The van der Waals surface area contributed by atoms with E-state index in [-0.39, 0.29) is 0 Å². The molecule has 0 saturated heterocycles. The molecule has 4 heteroatoms. The van der Waals surface area contributed by atoms with Gasteiger partial charge >= 0.3 is 0 Å². The zero-order valence-corrected chi connectivity index (χ0v) is 12.1. The van der Waals surface area contributed by atoms with E-state index in [9.17, 15) is 0 Å². The number of rotatable bonds is 4. The van der Waals surface area contributed by atoms with Crippen LogP contribution < -0.4 is 11.1 Å². The maximum absolute atomic E-state index is 6.16. The first-order chi connectivity index (χ1) is 9.02. The maximum atomic E-state index is 6.16. The van der Waals surface area contributed by atoms with Gasteiger partial charge in [0.1, 0.15) is 0 Å². The summed E-state index contributed by atoms with van der Waals surface area (Å²) in [7, 11) is 1.91. The Hall–Kier alpha value is -1.97. The molecule has 0 aliphatic rings. The second-order valence-electron chi connectivity index (χ2n) is 5.10. The van der Waals surface area contributed by atoms with E-state index >= 15 is 0 Å². The van der Waals surface area contributed by atoms with E-state index in [4.69, 9.17) is 5.73 Å². The Labute approximate surface area is 114 Å². The number of benzene rings is 1. The molecule has 1 aromatic carbocycles. The lowest BCUT2D eigenvalue weighted by atomic mass is 10.1. The van der Waals surface area contributed by atoms with Crippen LogP contribution in [0.5, 0.6) is 0 Å². The SMILES string of the molecule is CCc1ccc(Nc2c(N)c(C(C)C)nn2C)cc1. The summed E-state index contributed by atoms with van der Waals surface area (Å²) in [6.07, 6.45) is 1.05. The molecule has 0 bridgehead atoms. The molecule has 0 aliphatic heterocycles. The van der Waals surface area contributed by atoms with Crippen LogP contribution in [0.15, 0.2) is 24.3 Å². The van der Waals surface area contributed by atoms with Gasteiger partial charge in [-0.1, -0.05) is 32.9 Å². The Bertz CT molecular complexity index is 552. The van der Waals surface area contributed by atoms with Crippen LogP contribution in [0.3, 0.4) is 0 Å². The first-order valence-electron chi connectivity index (χ1n) is 6.71. The van der Waals surface area contributed by atoms with Crippen LogP contribution in [-0.4, -0.2) is 9.78 Å². The lowest BCUT2D eigenvalue weighted by Crippen LogP contribution is -2.01. The number of hydrogen-bond donors (Lipinski definition) is 2. The fraction of sp³-hybridized carbons (Fsp3) is 0.400. The summed E-state index contributed by atoms with van der Waals surface area (Å²) < 4.78 is 1.80. The van der Waals surface area contributed by atoms with Crippen LogP contribution in [0.1, 0.15) is 37.9 Å². The number of nitrogen functional groups attached to an aromatic ring is 1. The number of nitrogens with two attached hydrogens (primary N) is 1. The summed E-state index contributed by atoms with van der Waals surface area (Å²) in [6, 6.07) is 8.39. The Morgan fingerprint density at radius 2 is 1.89 bits per heavy atom. The summed E-state index contributed by atoms with van der Waals surface area (Å²) in [4.78, 5) is 0. The fourth-order valence-corrected chi connectivity index (χ4v) is 2.10. The average molecular weight is 258 g/mol. The number of aromatic nitrogens is 2. The summed E-state index contributed by atoms with van der Waals surface area (Å²) in [5.74, 6) is 1.18. The Kier molecular flexibility index (Phi) is 3.79. The van der Waals surface area contributed by atoms with E-state index in [0.29, 0.717) is 5.92 Å². The van der Waals surface area contributed by atoms with Crippen LogP contribution in [0.4, 0.5) is 17.2 Å². The Morgan fingerprint density at radius 3 is 2.37 bits per heavy atom. The molecule has 0 radical (unpaired) electrons. The second kappa shape index (κ2) is 5.34. The molecule has 2 rings (SSSR count). The molecule has 0 saturated carbocycles. The van der Waals surface area contributed by atoms with Crippen molar-refractivity contribution in [3.8, 4) is 0 Å². The molecule has 1 aromatic heterocycles. The third-order valence-corrected chi connectivity index (χ3v) is 3.28. The van der Waals surface area contributed by atoms with Crippen molar-refractivity contribution in [3.05, 3.63) is 35.5 Å². The van der Waals surface area contributed by atoms with Gasteiger partial charge in [0.05, 0.1) is 11.4 Å². The second-order valence-corrected chi connectivity index (χ2v) is 5.10. The molecule has 0 atom stereocenters. The molecule has 0 unspecified atom stereocenters. The van der Waals surface area contributed by atoms with E-state index < -0.39 is 0 Å². The molecule has 19 heavy (non-hydrogen) atoms. The molecule has 0 amide bonds. The molecule has 0 aliphatic carbocycles. The van der Waals surface area contributed by atoms with Gasteiger partial charge in [0, 0.05) is 12.7 Å². The fourth-order valence-electron chi connectivity index (χ4n) is 2.10. The number of hydrogen-bond acceptors (Lipinski definition) is 3. The van der Waals surface area contributed by atoms with Crippen molar-refractivity contribution in [2.24, 2.45) is 7.05 Å². The summed E-state index contributed by atoms with van der Waals surface area (Å²) in [5.41, 5.74) is 10.2. The van der Waals surface area contributed by atoms with Crippen LogP contribution >= 0.6 is 0 Å². The predicted octanol–water partition coefficient (Wildman–Crippen LogP) is 3.43. The molecule has 0 spiro atoms. The molecule has 0 fully saturated rings. The smallest absolute Gasteiger partial charge is 0.152 e. The molecule has 1 heterocycles. The normalized spacial score (nSPS) is 11.0. The minimum Gasteiger partial charge on any atom is -0.394 e. The molecule has 4 nitrogen and oxygen atoms in total. The highest BCUT2D eigenvalue weighted by atomic mass is 15.3. The van der Waals surface area contributed by atoms with Gasteiger partial charge in [-0.3, -0.25) is 4.68 Å². The van der Waals surface area contributed by atoms with Crippen LogP contribution in [0.2, 0.25) is 0 Å². The third-order valence-electron chi connectivity index (χ3n) is 3.28. The van der Waals surface area contributed by atoms with E-state index in [0.717, 1.165) is 29.3 Å². The van der Waals surface area contributed by atoms with Crippen molar-refractivity contribution < 1.29 is 0 Å². The van der Waals surface area contributed by atoms with Crippen molar-refractivity contribution in [2.75, 3.05) is 11.1 Å². The van der Waals surface area contributed by atoms with E-state index in [1.165, 1.54) is 5.56 Å². The quantitative estimate of drug-likeness (QED) is 0.883. The highest BCUT2D eigenvalue weighted by Gasteiger charge is 2.15. The van der Waals surface area contributed by atoms with Gasteiger partial charge in [0.15, 0.2) is 5.82 Å². The van der Waals surface area contributed by atoms with Crippen LogP contribution in [0.25, 0.3) is 0 Å². The van der Waals surface area contributed by atoms with Gasteiger partial charge in [-0.2, -0.15) is 5.10 Å².